The van der Waals surface area contributed by atoms with E-state index >= 15 is 0 Å². The highest BCUT2D eigenvalue weighted by atomic mass is 31.2. The Bertz CT molecular complexity index is 1590. The maximum atomic E-state index is 3.17. The van der Waals surface area contributed by atoms with Crippen LogP contribution in [0.15, 0.2) is 89.3 Å². The third kappa shape index (κ3) is 7.87. The molecule has 0 heterocycles. The maximum absolute atomic E-state index is 3.17. The monoisotopic (exact) mass is 649 g/mol. The summed E-state index contributed by atoms with van der Waals surface area (Å²) < 4.78 is 3.17. The lowest BCUT2D eigenvalue weighted by Gasteiger charge is -2.49. The molecule has 5 rings (SSSR count). The van der Waals surface area contributed by atoms with Crippen molar-refractivity contribution in [1.29, 1.82) is 0 Å². The molecule has 0 aliphatic heterocycles. The van der Waals surface area contributed by atoms with Crippen molar-refractivity contribution in [2.24, 2.45) is 11.8 Å². The third-order valence-corrected chi connectivity index (χ3v) is 16.2. The summed E-state index contributed by atoms with van der Waals surface area (Å²) in [6, 6.07) is 22.7. The van der Waals surface area contributed by atoms with Gasteiger partial charge in [0.15, 0.2) is 0 Å². The van der Waals surface area contributed by atoms with E-state index in [1.807, 2.05) is 0 Å². The molecule has 46 heavy (non-hydrogen) atoms. The van der Waals surface area contributed by atoms with Crippen LogP contribution in [0.1, 0.15) is 99.6 Å². The second kappa shape index (κ2) is 15.3. The Kier molecular flexibility index (Phi) is 11.6. The van der Waals surface area contributed by atoms with Gasteiger partial charge in [0.2, 0.25) is 0 Å². The molecule has 0 bridgehead atoms. The SMILES string of the molecule is CC1=C(C)C=C(P(c2ccc(C)c(C)c2)N(C2CCCCC2CC(C)C)P(c2ccc(C)c(C)c2)c2ccc(C)c(C)c2)CC=C1. The van der Waals surface area contributed by atoms with Gasteiger partial charge < -0.3 is 0 Å². The van der Waals surface area contributed by atoms with Gasteiger partial charge in [0, 0.05) is 22.2 Å². The molecule has 0 aromatic heterocycles. The molecular formula is C43H57NP2. The van der Waals surface area contributed by atoms with Crippen molar-refractivity contribution in [2.75, 3.05) is 0 Å². The highest BCUT2D eigenvalue weighted by molar-refractivity contribution is 7.83. The molecule has 3 atom stereocenters. The van der Waals surface area contributed by atoms with Gasteiger partial charge in [-0.15, -0.1) is 0 Å². The summed E-state index contributed by atoms with van der Waals surface area (Å²) in [5, 5.41) is 6.11. The topological polar surface area (TPSA) is 3.24 Å². The second-order valence-electron chi connectivity index (χ2n) is 14.6. The van der Waals surface area contributed by atoms with Gasteiger partial charge in [-0.2, -0.15) is 0 Å². The normalized spacial score (nSPS) is 19.6. The van der Waals surface area contributed by atoms with E-state index in [0.29, 0.717) is 17.9 Å². The standard InChI is InChI=1S/C43H57NP2/c1-29(2)24-38-15-11-12-17-43(38)44(46(41-22-19-32(5)36(9)27-41)42-23-20-33(6)37(10)28-42)45(40-21-18-31(4)35(8)26-40)39-16-13-14-30(3)34(7)25-39/h13-14,18-23,25-29,38,43H,11-12,15-17,24H2,1-10H3. The lowest BCUT2D eigenvalue weighted by molar-refractivity contribution is 0.213. The van der Waals surface area contributed by atoms with E-state index in [-0.39, 0.29) is 0 Å². The molecule has 0 spiro atoms. The molecule has 3 aromatic rings. The molecule has 3 heteroatoms. The minimum absolute atomic E-state index is 0.539. The summed E-state index contributed by atoms with van der Waals surface area (Å²) in [6.45, 7) is 23.2. The minimum Gasteiger partial charge on any atom is -0.242 e. The fourth-order valence-corrected chi connectivity index (χ4v) is 14.2. The fraction of sp³-hybridized carbons (Fsp3) is 0.442. The van der Waals surface area contributed by atoms with E-state index in [9.17, 15) is 0 Å². The first-order valence-corrected chi connectivity index (χ1v) is 20.2. The van der Waals surface area contributed by atoms with Crippen LogP contribution in [0.5, 0.6) is 0 Å². The van der Waals surface area contributed by atoms with Gasteiger partial charge in [0.25, 0.3) is 0 Å². The van der Waals surface area contributed by atoms with Crippen molar-refractivity contribution in [2.45, 2.75) is 114 Å². The zero-order valence-electron chi connectivity index (χ0n) is 30.2. The average Bonchev–Trinajstić information content (AvgIpc) is 3.17. The molecule has 3 unspecified atom stereocenters. The Hall–Kier alpha value is -2.30. The van der Waals surface area contributed by atoms with Gasteiger partial charge in [0.1, 0.15) is 0 Å². The smallest absolute Gasteiger partial charge is 0.0326 e. The third-order valence-electron chi connectivity index (χ3n) is 10.5. The molecule has 0 amide bonds. The van der Waals surface area contributed by atoms with Crippen molar-refractivity contribution in [1.82, 2.24) is 4.44 Å². The van der Waals surface area contributed by atoms with Gasteiger partial charge in [0.05, 0.1) is 0 Å². The molecule has 3 aromatic carbocycles. The maximum Gasteiger partial charge on any atom is 0.0326 e. The van der Waals surface area contributed by atoms with Crippen LogP contribution < -0.4 is 15.9 Å². The van der Waals surface area contributed by atoms with Crippen LogP contribution in [0.2, 0.25) is 0 Å². The fourth-order valence-electron chi connectivity index (χ4n) is 7.19. The molecule has 0 radical (unpaired) electrons. The minimum atomic E-state index is -0.804. The van der Waals surface area contributed by atoms with E-state index in [4.69, 9.17) is 0 Å². The van der Waals surface area contributed by atoms with Crippen LogP contribution in [0.3, 0.4) is 0 Å². The number of benzene rings is 3. The van der Waals surface area contributed by atoms with E-state index in [1.165, 1.54) is 92.5 Å². The largest absolute Gasteiger partial charge is 0.242 e. The lowest BCUT2D eigenvalue weighted by Crippen LogP contribution is -2.42. The second-order valence-corrected chi connectivity index (χ2v) is 19.1. The van der Waals surface area contributed by atoms with Crippen LogP contribution >= 0.6 is 16.1 Å². The summed E-state index contributed by atoms with van der Waals surface area (Å²) in [4.78, 5) is 0. The zero-order valence-corrected chi connectivity index (χ0v) is 32.0. The van der Waals surface area contributed by atoms with Crippen LogP contribution in [-0.2, 0) is 0 Å². The van der Waals surface area contributed by atoms with E-state index in [0.717, 1.165) is 6.42 Å². The van der Waals surface area contributed by atoms with Gasteiger partial charge >= 0.3 is 0 Å². The van der Waals surface area contributed by atoms with Gasteiger partial charge in [-0.3, -0.25) is 0 Å². The number of hydrogen-bond acceptors (Lipinski definition) is 1. The van der Waals surface area contributed by atoms with Crippen LogP contribution in [-0.4, -0.2) is 10.5 Å². The first-order chi connectivity index (χ1) is 21.9. The Morgan fingerprint density at radius 2 is 1.13 bits per heavy atom. The Morgan fingerprint density at radius 1 is 0.630 bits per heavy atom. The van der Waals surface area contributed by atoms with Crippen LogP contribution in [0.4, 0.5) is 0 Å². The molecule has 1 nitrogen and oxygen atoms in total. The molecule has 1 saturated carbocycles. The summed E-state index contributed by atoms with van der Waals surface area (Å²) in [7, 11) is -1.59. The molecule has 1 fully saturated rings. The molecule has 0 saturated heterocycles. The summed E-state index contributed by atoms with van der Waals surface area (Å²) in [6.07, 6.45) is 15.0. The van der Waals surface area contributed by atoms with Crippen molar-refractivity contribution < 1.29 is 0 Å². The molecule has 0 N–H and O–H groups in total. The van der Waals surface area contributed by atoms with E-state index < -0.39 is 16.1 Å². The highest BCUT2D eigenvalue weighted by Crippen LogP contribution is 2.64. The number of aryl methyl sites for hydroxylation is 6. The molecule has 244 valence electrons. The summed E-state index contributed by atoms with van der Waals surface area (Å²) in [5.41, 5.74) is 11.1. The number of rotatable bonds is 9. The molecular weight excluding hydrogens is 592 g/mol. The highest BCUT2D eigenvalue weighted by Gasteiger charge is 2.42. The van der Waals surface area contributed by atoms with Crippen molar-refractivity contribution in [3.05, 3.63) is 123 Å². The summed E-state index contributed by atoms with van der Waals surface area (Å²) in [5.74, 6) is 1.40. The zero-order chi connectivity index (χ0) is 33.1. The molecule has 2 aliphatic rings. The average molecular weight is 650 g/mol. The van der Waals surface area contributed by atoms with Crippen molar-refractivity contribution >= 4 is 32.1 Å². The van der Waals surface area contributed by atoms with Gasteiger partial charge in [-0.05, 0) is 177 Å². The number of hydrogen-bond donors (Lipinski definition) is 0. The quantitative estimate of drug-likeness (QED) is 0.209. The summed E-state index contributed by atoms with van der Waals surface area (Å²) >= 11 is 0. The van der Waals surface area contributed by atoms with Gasteiger partial charge in [-0.1, -0.05) is 81.3 Å². The molecule has 2 aliphatic carbocycles. The Balaban J connectivity index is 1.86. The lowest BCUT2D eigenvalue weighted by atomic mass is 9.80. The van der Waals surface area contributed by atoms with Crippen molar-refractivity contribution in [3.8, 4) is 0 Å². The number of allylic oxidation sites excluding steroid dienone is 6. The Morgan fingerprint density at radius 3 is 1.63 bits per heavy atom. The van der Waals surface area contributed by atoms with E-state index in [1.54, 1.807) is 5.31 Å². The first kappa shape index (κ1) is 35.0. The Labute approximate surface area is 283 Å². The number of nitrogens with zero attached hydrogens (tertiary/aromatic N) is 1. The van der Waals surface area contributed by atoms with E-state index in [2.05, 4.69) is 147 Å². The van der Waals surface area contributed by atoms with Crippen molar-refractivity contribution in [3.63, 3.8) is 0 Å². The van der Waals surface area contributed by atoms with Crippen LogP contribution in [0, 0.1) is 53.4 Å². The van der Waals surface area contributed by atoms with Gasteiger partial charge in [-0.25, -0.2) is 4.44 Å². The first-order valence-electron chi connectivity index (χ1n) is 17.6. The predicted octanol–water partition coefficient (Wildman–Crippen LogP) is 11.7. The van der Waals surface area contributed by atoms with Crippen LogP contribution in [0.25, 0.3) is 0 Å². The predicted molar refractivity (Wildman–Crippen MR) is 208 cm³/mol.